The molecule has 0 aliphatic carbocycles. The maximum absolute atomic E-state index is 11.7. The smallest absolute Gasteiger partial charge is 0.306 e. The Kier molecular flexibility index (Phi) is 18.1. The summed E-state index contributed by atoms with van der Waals surface area (Å²) in [4.78, 5) is 22.4. The lowest BCUT2D eigenvalue weighted by molar-refractivity contribution is -0.160. The fourth-order valence-corrected chi connectivity index (χ4v) is 2.21. The molecule has 0 amide bonds. The highest BCUT2D eigenvalue weighted by molar-refractivity contribution is 5.69. The van der Waals surface area contributed by atoms with Crippen LogP contribution in [0.4, 0.5) is 0 Å². The summed E-state index contributed by atoms with van der Waals surface area (Å²) in [5.41, 5.74) is 0. The molecule has 0 bridgehead atoms. The van der Waals surface area contributed by atoms with Gasteiger partial charge >= 0.3 is 11.9 Å². The van der Waals surface area contributed by atoms with Crippen LogP contribution in [-0.2, 0) is 19.1 Å². The van der Waals surface area contributed by atoms with E-state index >= 15 is 0 Å². The Morgan fingerprint density at radius 2 is 1.46 bits per heavy atom. The zero-order chi connectivity index (χ0) is 20.9. The van der Waals surface area contributed by atoms with E-state index in [9.17, 15) is 9.59 Å². The van der Waals surface area contributed by atoms with Gasteiger partial charge in [-0.05, 0) is 44.9 Å². The molecule has 0 saturated carbocycles. The van der Waals surface area contributed by atoms with Gasteiger partial charge in [0.1, 0.15) is 6.61 Å². The lowest BCUT2D eigenvalue weighted by Crippen LogP contribution is -2.28. The van der Waals surface area contributed by atoms with Gasteiger partial charge in [0, 0.05) is 13.3 Å². The molecule has 1 atom stereocenters. The van der Waals surface area contributed by atoms with Crippen LogP contribution in [0.25, 0.3) is 0 Å². The molecule has 1 unspecified atom stereocenters. The maximum atomic E-state index is 11.7. The normalized spacial score (nSPS) is 13.1. The van der Waals surface area contributed by atoms with Gasteiger partial charge in [0.05, 0.1) is 6.61 Å². The molecule has 0 aliphatic rings. The second-order valence-electron chi connectivity index (χ2n) is 6.34. The van der Waals surface area contributed by atoms with Crippen LogP contribution in [0.3, 0.4) is 0 Å². The van der Waals surface area contributed by atoms with Crippen LogP contribution in [-0.4, -0.2) is 36.4 Å². The number of hydrogen-bond acceptors (Lipinski definition) is 5. The van der Waals surface area contributed by atoms with E-state index in [0.717, 1.165) is 44.9 Å². The van der Waals surface area contributed by atoms with Crippen molar-refractivity contribution >= 4 is 11.9 Å². The standard InChI is InChI=1S/C23H36O5/c1-3-4-5-6-7-8-9-10-11-12-13-14-15-16-17-18-23(26)28-22(19-24)20-27-21(2)25/h4-5,7-8,10-11,13-14,22,24H,3,6,9,12,15-20H2,1-2H3/b5-4-,8-7-,11-10-,14-13-. The molecule has 0 saturated heterocycles. The lowest BCUT2D eigenvalue weighted by Gasteiger charge is -2.14. The molecule has 0 radical (unpaired) electrons. The van der Waals surface area contributed by atoms with Crippen molar-refractivity contribution in [2.75, 3.05) is 13.2 Å². The fraction of sp³-hybridized carbons (Fsp3) is 0.565. The third-order valence-electron chi connectivity index (χ3n) is 3.69. The average Bonchev–Trinajstić information content (AvgIpc) is 2.68. The van der Waals surface area contributed by atoms with Crippen molar-refractivity contribution in [3.8, 4) is 0 Å². The number of aliphatic hydroxyl groups excluding tert-OH is 1. The molecule has 28 heavy (non-hydrogen) atoms. The summed E-state index contributed by atoms with van der Waals surface area (Å²) in [6.45, 7) is 2.93. The summed E-state index contributed by atoms with van der Waals surface area (Å²) in [7, 11) is 0. The van der Waals surface area contributed by atoms with Gasteiger partial charge in [0.2, 0.25) is 0 Å². The van der Waals surface area contributed by atoms with Gasteiger partial charge in [-0.1, -0.05) is 55.5 Å². The Labute approximate surface area is 169 Å². The Bertz CT molecular complexity index is 517. The molecule has 0 spiro atoms. The summed E-state index contributed by atoms with van der Waals surface area (Å²) in [5, 5.41) is 9.10. The highest BCUT2D eigenvalue weighted by Crippen LogP contribution is 2.05. The number of carbonyl (C=O) groups excluding carboxylic acids is 2. The summed E-state index contributed by atoms with van der Waals surface area (Å²) >= 11 is 0. The Hall–Kier alpha value is -2.14. The van der Waals surface area contributed by atoms with E-state index in [-0.39, 0.29) is 19.2 Å². The number of hydrogen-bond donors (Lipinski definition) is 1. The van der Waals surface area contributed by atoms with Crippen molar-refractivity contribution < 1.29 is 24.2 Å². The molecule has 0 aliphatic heterocycles. The van der Waals surface area contributed by atoms with Gasteiger partial charge in [0.15, 0.2) is 6.10 Å². The number of rotatable bonds is 16. The minimum atomic E-state index is -0.786. The largest absolute Gasteiger partial charge is 0.462 e. The SMILES string of the molecule is CC/C=C\C/C=C\C/C=C\C/C=C\CCCCC(=O)OC(CO)COC(C)=O. The van der Waals surface area contributed by atoms with Crippen LogP contribution < -0.4 is 0 Å². The van der Waals surface area contributed by atoms with Crippen molar-refractivity contribution in [3.63, 3.8) is 0 Å². The van der Waals surface area contributed by atoms with E-state index in [0.29, 0.717) is 6.42 Å². The van der Waals surface area contributed by atoms with Crippen molar-refractivity contribution in [1.29, 1.82) is 0 Å². The topological polar surface area (TPSA) is 72.8 Å². The zero-order valence-corrected chi connectivity index (χ0v) is 17.3. The number of aliphatic hydroxyl groups is 1. The number of carbonyl (C=O) groups is 2. The zero-order valence-electron chi connectivity index (χ0n) is 17.3. The summed E-state index contributed by atoms with van der Waals surface area (Å²) in [6, 6.07) is 0. The van der Waals surface area contributed by atoms with Gasteiger partial charge in [-0.15, -0.1) is 0 Å². The number of unbranched alkanes of at least 4 members (excludes halogenated alkanes) is 2. The maximum Gasteiger partial charge on any atom is 0.306 e. The first-order valence-corrected chi connectivity index (χ1v) is 10.1. The third kappa shape index (κ3) is 18.6. The first-order valence-electron chi connectivity index (χ1n) is 10.1. The van der Waals surface area contributed by atoms with Crippen LogP contribution in [0.2, 0.25) is 0 Å². The molecule has 0 heterocycles. The molecule has 0 fully saturated rings. The Balaban J connectivity index is 3.65. The monoisotopic (exact) mass is 392 g/mol. The van der Waals surface area contributed by atoms with Crippen molar-refractivity contribution in [2.24, 2.45) is 0 Å². The minimum absolute atomic E-state index is 0.112. The van der Waals surface area contributed by atoms with E-state index in [1.165, 1.54) is 6.92 Å². The van der Waals surface area contributed by atoms with Crippen LogP contribution in [0.15, 0.2) is 48.6 Å². The van der Waals surface area contributed by atoms with E-state index in [4.69, 9.17) is 14.6 Å². The van der Waals surface area contributed by atoms with Crippen molar-refractivity contribution in [1.82, 2.24) is 0 Å². The van der Waals surface area contributed by atoms with Gasteiger partial charge in [-0.2, -0.15) is 0 Å². The van der Waals surface area contributed by atoms with Crippen molar-refractivity contribution in [3.05, 3.63) is 48.6 Å². The Morgan fingerprint density at radius 3 is 2.00 bits per heavy atom. The van der Waals surface area contributed by atoms with E-state index in [2.05, 4.69) is 55.5 Å². The second kappa shape index (κ2) is 19.6. The third-order valence-corrected chi connectivity index (χ3v) is 3.69. The van der Waals surface area contributed by atoms with Gasteiger partial charge in [-0.25, -0.2) is 0 Å². The van der Waals surface area contributed by atoms with Crippen LogP contribution >= 0.6 is 0 Å². The molecular weight excluding hydrogens is 356 g/mol. The van der Waals surface area contributed by atoms with Gasteiger partial charge < -0.3 is 14.6 Å². The number of ether oxygens (including phenoxy) is 2. The molecule has 0 aromatic carbocycles. The van der Waals surface area contributed by atoms with Gasteiger partial charge in [-0.3, -0.25) is 9.59 Å². The number of esters is 2. The summed E-state index contributed by atoms with van der Waals surface area (Å²) in [6.07, 6.45) is 23.3. The first-order chi connectivity index (χ1) is 13.6. The van der Waals surface area contributed by atoms with Crippen LogP contribution in [0.1, 0.15) is 65.2 Å². The van der Waals surface area contributed by atoms with E-state index < -0.39 is 12.1 Å². The highest BCUT2D eigenvalue weighted by atomic mass is 16.6. The lowest BCUT2D eigenvalue weighted by atomic mass is 10.2. The predicted molar refractivity (Wildman–Crippen MR) is 113 cm³/mol. The molecule has 0 aromatic rings. The molecule has 1 N–H and O–H groups in total. The quantitative estimate of drug-likeness (QED) is 0.232. The molecule has 5 nitrogen and oxygen atoms in total. The van der Waals surface area contributed by atoms with E-state index in [1.54, 1.807) is 0 Å². The average molecular weight is 393 g/mol. The van der Waals surface area contributed by atoms with Crippen LogP contribution in [0, 0.1) is 0 Å². The second-order valence-corrected chi connectivity index (χ2v) is 6.34. The van der Waals surface area contributed by atoms with E-state index in [1.807, 2.05) is 0 Å². The fourth-order valence-electron chi connectivity index (χ4n) is 2.21. The van der Waals surface area contributed by atoms with Gasteiger partial charge in [0.25, 0.3) is 0 Å². The summed E-state index contributed by atoms with van der Waals surface area (Å²) < 4.78 is 9.80. The molecule has 5 heteroatoms. The molecular formula is C23H36O5. The number of allylic oxidation sites excluding steroid dienone is 8. The molecule has 0 rings (SSSR count). The minimum Gasteiger partial charge on any atom is -0.462 e. The molecule has 158 valence electrons. The highest BCUT2D eigenvalue weighted by Gasteiger charge is 2.14. The predicted octanol–water partition coefficient (Wildman–Crippen LogP) is 4.82. The van der Waals surface area contributed by atoms with Crippen molar-refractivity contribution in [2.45, 2.75) is 71.3 Å². The Morgan fingerprint density at radius 1 is 0.893 bits per heavy atom. The van der Waals surface area contributed by atoms with Crippen LogP contribution in [0.5, 0.6) is 0 Å². The first kappa shape index (κ1) is 25.9. The summed E-state index contributed by atoms with van der Waals surface area (Å²) in [5.74, 6) is -0.844. The molecule has 0 aromatic heterocycles.